The molecule has 7 heteroatoms. The molecule has 0 spiro atoms. The number of benzene rings is 1. The van der Waals surface area contributed by atoms with Crippen LogP contribution in [0.3, 0.4) is 0 Å². The van der Waals surface area contributed by atoms with Crippen LogP contribution < -0.4 is 10.0 Å². The Kier molecular flexibility index (Phi) is 6.63. The molecule has 20 heavy (non-hydrogen) atoms. The average molecular weight is 300 g/mol. The number of rotatable bonds is 8. The van der Waals surface area contributed by atoms with E-state index in [1.807, 2.05) is 6.92 Å². The van der Waals surface area contributed by atoms with Gasteiger partial charge < -0.3 is 10.1 Å². The minimum Gasteiger partial charge on any atom is -0.383 e. The van der Waals surface area contributed by atoms with Crippen molar-refractivity contribution < 1.29 is 17.9 Å². The van der Waals surface area contributed by atoms with Crippen LogP contribution in [0, 0.1) is 0 Å². The molecule has 0 radical (unpaired) electrons. The first-order valence-corrected chi connectivity index (χ1v) is 7.86. The van der Waals surface area contributed by atoms with Gasteiger partial charge in [-0.25, -0.2) is 13.1 Å². The highest BCUT2D eigenvalue weighted by Gasteiger charge is 2.15. The standard InChI is InChI=1S/C13H20N2O4S/c1-3-7-15-20(17,18)12-6-4-5-11(10-12)13(16)14-8-9-19-2/h4-6,10,15H,3,7-9H2,1-2H3,(H,14,16). The summed E-state index contributed by atoms with van der Waals surface area (Å²) < 4.78 is 31.2. The number of hydrogen-bond acceptors (Lipinski definition) is 4. The summed E-state index contributed by atoms with van der Waals surface area (Å²) in [7, 11) is -2.02. The molecule has 0 aliphatic rings. The van der Waals surface area contributed by atoms with Crippen molar-refractivity contribution in [3.05, 3.63) is 29.8 Å². The monoisotopic (exact) mass is 300 g/mol. The maximum atomic E-state index is 12.0. The number of carbonyl (C=O) groups is 1. The Morgan fingerprint density at radius 2 is 2.05 bits per heavy atom. The molecule has 0 aliphatic carbocycles. The van der Waals surface area contributed by atoms with E-state index in [9.17, 15) is 13.2 Å². The zero-order valence-electron chi connectivity index (χ0n) is 11.7. The van der Waals surface area contributed by atoms with E-state index in [2.05, 4.69) is 10.0 Å². The lowest BCUT2D eigenvalue weighted by Gasteiger charge is -2.08. The van der Waals surface area contributed by atoms with Crippen LogP contribution in [0.1, 0.15) is 23.7 Å². The molecule has 0 atom stereocenters. The molecular weight excluding hydrogens is 280 g/mol. The maximum Gasteiger partial charge on any atom is 0.251 e. The van der Waals surface area contributed by atoms with Gasteiger partial charge in [0.15, 0.2) is 0 Å². The lowest BCUT2D eigenvalue weighted by molar-refractivity contribution is 0.0937. The first-order valence-electron chi connectivity index (χ1n) is 6.38. The number of amides is 1. The van der Waals surface area contributed by atoms with Gasteiger partial charge in [0.2, 0.25) is 10.0 Å². The fourth-order valence-electron chi connectivity index (χ4n) is 1.49. The van der Waals surface area contributed by atoms with Crippen molar-refractivity contribution in [3.8, 4) is 0 Å². The minimum absolute atomic E-state index is 0.0883. The summed E-state index contributed by atoms with van der Waals surface area (Å²) in [6, 6.07) is 5.94. The summed E-state index contributed by atoms with van der Waals surface area (Å²) in [5.41, 5.74) is 0.306. The number of sulfonamides is 1. The SMILES string of the molecule is CCCNS(=O)(=O)c1cccc(C(=O)NCCOC)c1. The molecule has 0 bridgehead atoms. The van der Waals surface area contributed by atoms with Gasteiger partial charge in [0, 0.05) is 25.8 Å². The highest BCUT2D eigenvalue weighted by atomic mass is 32.2. The van der Waals surface area contributed by atoms with Crippen molar-refractivity contribution in [2.24, 2.45) is 0 Å². The van der Waals surface area contributed by atoms with Crippen LogP contribution in [0.5, 0.6) is 0 Å². The van der Waals surface area contributed by atoms with Crippen LogP contribution in [0.2, 0.25) is 0 Å². The molecule has 1 aromatic carbocycles. The highest BCUT2D eigenvalue weighted by molar-refractivity contribution is 7.89. The van der Waals surface area contributed by atoms with Crippen molar-refractivity contribution in [2.75, 3.05) is 26.8 Å². The van der Waals surface area contributed by atoms with Crippen molar-refractivity contribution in [1.29, 1.82) is 0 Å². The van der Waals surface area contributed by atoms with Gasteiger partial charge in [-0.2, -0.15) is 0 Å². The topological polar surface area (TPSA) is 84.5 Å². The molecule has 0 heterocycles. The first kappa shape index (κ1) is 16.6. The van der Waals surface area contributed by atoms with E-state index in [4.69, 9.17) is 4.74 Å². The molecule has 0 saturated heterocycles. The quantitative estimate of drug-likeness (QED) is 0.694. The van der Waals surface area contributed by atoms with Gasteiger partial charge in [-0.1, -0.05) is 13.0 Å². The highest BCUT2D eigenvalue weighted by Crippen LogP contribution is 2.11. The van der Waals surface area contributed by atoms with E-state index < -0.39 is 10.0 Å². The minimum atomic E-state index is -3.56. The van der Waals surface area contributed by atoms with Crippen molar-refractivity contribution >= 4 is 15.9 Å². The third-order valence-electron chi connectivity index (χ3n) is 2.54. The molecule has 0 saturated carbocycles. The van der Waals surface area contributed by atoms with E-state index in [1.54, 1.807) is 19.2 Å². The Morgan fingerprint density at radius 3 is 2.70 bits per heavy atom. The Bertz CT molecular complexity index is 543. The van der Waals surface area contributed by atoms with Crippen LogP contribution in [-0.4, -0.2) is 41.1 Å². The molecule has 1 aromatic rings. The largest absolute Gasteiger partial charge is 0.383 e. The fourth-order valence-corrected chi connectivity index (χ4v) is 2.67. The summed E-state index contributed by atoms with van der Waals surface area (Å²) in [6.07, 6.45) is 0.705. The summed E-state index contributed by atoms with van der Waals surface area (Å²) >= 11 is 0. The van der Waals surface area contributed by atoms with Gasteiger partial charge in [-0.3, -0.25) is 4.79 Å². The zero-order chi connectivity index (χ0) is 15.0. The van der Waals surface area contributed by atoms with E-state index in [0.29, 0.717) is 31.7 Å². The average Bonchev–Trinajstić information content (AvgIpc) is 2.45. The lowest BCUT2D eigenvalue weighted by atomic mass is 10.2. The Hall–Kier alpha value is -1.44. The van der Waals surface area contributed by atoms with E-state index in [1.165, 1.54) is 12.1 Å². The summed E-state index contributed by atoms with van der Waals surface area (Å²) in [5, 5.41) is 2.64. The molecule has 0 aromatic heterocycles. The van der Waals surface area contributed by atoms with Crippen molar-refractivity contribution in [3.63, 3.8) is 0 Å². The predicted octanol–water partition coefficient (Wildman–Crippen LogP) is 0.751. The smallest absolute Gasteiger partial charge is 0.251 e. The molecule has 112 valence electrons. The van der Waals surface area contributed by atoms with Gasteiger partial charge >= 0.3 is 0 Å². The number of nitrogens with one attached hydrogen (secondary N) is 2. The molecular formula is C13H20N2O4S. The molecule has 0 unspecified atom stereocenters. The number of ether oxygens (including phenoxy) is 1. The lowest BCUT2D eigenvalue weighted by Crippen LogP contribution is -2.28. The third kappa shape index (κ3) is 4.92. The van der Waals surface area contributed by atoms with Gasteiger partial charge in [-0.15, -0.1) is 0 Å². The van der Waals surface area contributed by atoms with Crippen LogP contribution in [-0.2, 0) is 14.8 Å². The normalized spacial score (nSPS) is 11.3. The molecule has 6 nitrogen and oxygen atoms in total. The summed E-state index contributed by atoms with van der Waals surface area (Å²) in [6.45, 7) is 3.02. The van der Waals surface area contributed by atoms with E-state index in [-0.39, 0.29) is 10.8 Å². The summed E-state index contributed by atoms with van der Waals surface area (Å²) in [4.78, 5) is 11.9. The second-order valence-corrected chi connectivity index (χ2v) is 5.94. The number of carbonyl (C=O) groups excluding carboxylic acids is 1. The van der Waals surface area contributed by atoms with Crippen LogP contribution in [0.15, 0.2) is 29.2 Å². The molecule has 0 fully saturated rings. The second kappa shape index (κ2) is 7.98. The van der Waals surface area contributed by atoms with Crippen LogP contribution in [0.25, 0.3) is 0 Å². The van der Waals surface area contributed by atoms with Crippen molar-refractivity contribution in [1.82, 2.24) is 10.0 Å². The predicted molar refractivity (Wildman–Crippen MR) is 76.1 cm³/mol. The maximum absolute atomic E-state index is 12.0. The van der Waals surface area contributed by atoms with Crippen LogP contribution in [0.4, 0.5) is 0 Å². The van der Waals surface area contributed by atoms with Crippen molar-refractivity contribution in [2.45, 2.75) is 18.2 Å². The Morgan fingerprint density at radius 1 is 1.30 bits per heavy atom. The Balaban J connectivity index is 2.82. The van der Waals surface area contributed by atoms with Gasteiger partial charge in [0.1, 0.15) is 0 Å². The van der Waals surface area contributed by atoms with Crippen LogP contribution >= 0.6 is 0 Å². The molecule has 2 N–H and O–H groups in total. The first-order chi connectivity index (χ1) is 9.51. The van der Waals surface area contributed by atoms with Gasteiger partial charge in [-0.05, 0) is 24.6 Å². The third-order valence-corrected chi connectivity index (χ3v) is 4.00. The molecule has 0 aliphatic heterocycles. The van der Waals surface area contributed by atoms with Gasteiger partial charge in [0.05, 0.1) is 11.5 Å². The van der Waals surface area contributed by atoms with E-state index in [0.717, 1.165) is 0 Å². The molecule has 1 rings (SSSR count). The fraction of sp³-hybridized carbons (Fsp3) is 0.462. The van der Waals surface area contributed by atoms with E-state index >= 15 is 0 Å². The number of methoxy groups -OCH3 is 1. The Labute approximate surface area is 119 Å². The summed E-state index contributed by atoms with van der Waals surface area (Å²) in [5.74, 6) is -0.324. The number of hydrogen-bond donors (Lipinski definition) is 2. The second-order valence-electron chi connectivity index (χ2n) is 4.17. The van der Waals surface area contributed by atoms with Gasteiger partial charge in [0.25, 0.3) is 5.91 Å². The zero-order valence-corrected chi connectivity index (χ0v) is 12.5. The molecule has 1 amide bonds.